The minimum absolute atomic E-state index is 0.392. The predicted molar refractivity (Wildman–Crippen MR) is 62.9 cm³/mol. The van der Waals surface area contributed by atoms with Gasteiger partial charge in [0.15, 0.2) is 0 Å². The number of benzene rings is 1. The number of hydrogen-bond acceptors (Lipinski definition) is 3. The van der Waals surface area contributed by atoms with E-state index >= 15 is 0 Å². The third-order valence-corrected chi connectivity index (χ3v) is 3.21. The summed E-state index contributed by atoms with van der Waals surface area (Å²) >= 11 is 3.41. The Hall–Kier alpha value is -1.13. The molecule has 0 saturated heterocycles. The molecule has 1 aromatic rings. The first kappa shape index (κ1) is 11.4. The van der Waals surface area contributed by atoms with Gasteiger partial charge in [-0.2, -0.15) is 0 Å². The molecule has 0 radical (unpaired) electrons. The number of esters is 1. The van der Waals surface area contributed by atoms with Crippen LogP contribution in [-0.4, -0.2) is 23.3 Å². The van der Waals surface area contributed by atoms with Crippen LogP contribution in [0.25, 0.3) is 0 Å². The second-order valence-electron chi connectivity index (χ2n) is 3.62. The van der Waals surface area contributed by atoms with Crippen LogP contribution in [0.3, 0.4) is 0 Å². The molecule has 0 spiro atoms. The number of carbonyl (C=O) groups excluding carboxylic acids is 1. The van der Waals surface area contributed by atoms with Gasteiger partial charge in [-0.3, -0.25) is 0 Å². The number of hydrogen-bond donors (Lipinski definition) is 1. The number of halogens is 1. The number of carbonyl (C=O) groups is 1. The lowest BCUT2D eigenvalue weighted by Gasteiger charge is -2.16. The molecule has 0 amide bonds. The van der Waals surface area contributed by atoms with Gasteiger partial charge in [-0.25, -0.2) is 4.79 Å². The second-order valence-corrected chi connectivity index (χ2v) is 4.48. The van der Waals surface area contributed by atoms with Gasteiger partial charge < -0.3 is 9.84 Å². The highest BCUT2D eigenvalue weighted by Gasteiger charge is 2.25. The first-order valence-electron chi connectivity index (χ1n) is 4.97. The SMILES string of the molecule is O=C1C=C[C@H]([C@@H](O)Cc2ccccc2Br)O1. The van der Waals surface area contributed by atoms with Crippen LogP contribution in [0.4, 0.5) is 0 Å². The summed E-state index contributed by atoms with van der Waals surface area (Å²) in [6, 6.07) is 7.66. The highest BCUT2D eigenvalue weighted by Crippen LogP contribution is 2.20. The summed E-state index contributed by atoms with van der Waals surface area (Å²) in [5.74, 6) is -0.392. The second kappa shape index (κ2) is 4.80. The van der Waals surface area contributed by atoms with E-state index in [1.807, 2.05) is 24.3 Å². The highest BCUT2D eigenvalue weighted by molar-refractivity contribution is 9.10. The van der Waals surface area contributed by atoms with Crippen LogP contribution < -0.4 is 0 Å². The van der Waals surface area contributed by atoms with Crippen molar-refractivity contribution in [1.29, 1.82) is 0 Å². The van der Waals surface area contributed by atoms with Gasteiger partial charge in [0.1, 0.15) is 6.10 Å². The molecule has 0 bridgehead atoms. The Balaban J connectivity index is 2.03. The topological polar surface area (TPSA) is 46.5 Å². The molecule has 4 heteroatoms. The van der Waals surface area contributed by atoms with Crippen molar-refractivity contribution in [1.82, 2.24) is 0 Å². The Labute approximate surface area is 102 Å². The Kier molecular flexibility index (Phi) is 3.41. The third kappa shape index (κ3) is 2.51. The van der Waals surface area contributed by atoms with Gasteiger partial charge in [0, 0.05) is 17.0 Å². The van der Waals surface area contributed by atoms with Crippen LogP contribution in [0.1, 0.15) is 5.56 Å². The number of aliphatic hydroxyl groups is 1. The summed E-state index contributed by atoms with van der Waals surface area (Å²) in [7, 11) is 0. The van der Waals surface area contributed by atoms with E-state index in [0.717, 1.165) is 10.0 Å². The number of cyclic esters (lactones) is 1. The van der Waals surface area contributed by atoms with Crippen LogP contribution in [0.2, 0.25) is 0 Å². The van der Waals surface area contributed by atoms with E-state index < -0.39 is 18.2 Å². The fourth-order valence-corrected chi connectivity index (χ4v) is 2.04. The molecule has 1 N–H and O–H groups in total. The Morgan fingerprint density at radius 1 is 1.44 bits per heavy atom. The molecule has 84 valence electrons. The van der Waals surface area contributed by atoms with Gasteiger partial charge in [0.05, 0.1) is 6.10 Å². The Morgan fingerprint density at radius 2 is 2.19 bits per heavy atom. The van der Waals surface area contributed by atoms with Crippen molar-refractivity contribution in [3.05, 3.63) is 46.5 Å². The van der Waals surface area contributed by atoms with Gasteiger partial charge in [0.2, 0.25) is 0 Å². The summed E-state index contributed by atoms with van der Waals surface area (Å²) in [5, 5.41) is 9.90. The fourth-order valence-electron chi connectivity index (χ4n) is 1.60. The molecule has 1 aliphatic heterocycles. The van der Waals surface area contributed by atoms with Gasteiger partial charge in [0.25, 0.3) is 0 Å². The summed E-state index contributed by atoms with van der Waals surface area (Å²) < 4.78 is 5.87. The lowest BCUT2D eigenvalue weighted by atomic mass is 10.0. The van der Waals surface area contributed by atoms with Crippen LogP contribution in [0.5, 0.6) is 0 Å². The molecular weight excluding hydrogens is 272 g/mol. The smallest absolute Gasteiger partial charge is 0.331 e. The molecule has 0 aromatic heterocycles. The predicted octanol–water partition coefficient (Wildman–Crippen LogP) is 1.83. The number of rotatable bonds is 3. The number of ether oxygens (including phenoxy) is 1. The summed E-state index contributed by atoms with van der Waals surface area (Å²) in [6.45, 7) is 0. The molecule has 1 aliphatic rings. The standard InChI is InChI=1S/C12H11BrO3/c13-9-4-2-1-3-8(9)7-10(14)11-5-6-12(15)16-11/h1-6,10-11,14H,7H2/t10-,11+/m0/s1. The molecule has 0 unspecified atom stereocenters. The van der Waals surface area contributed by atoms with Gasteiger partial charge in [-0.1, -0.05) is 34.1 Å². The summed E-state index contributed by atoms with van der Waals surface area (Å²) in [6.07, 6.45) is 2.14. The maximum Gasteiger partial charge on any atom is 0.331 e. The van der Waals surface area contributed by atoms with Crippen LogP contribution in [0.15, 0.2) is 40.9 Å². The average Bonchev–Trinajstić information content (AvgIpc) is 2.68. The monoisotopic (exact) mass is 282 g/mol. The zero-order valence-corrected chi connectivity index (χ0v) is 10.1. The molecule has 16 heavy (non-hydrogen) atoms. The maximum absolute atomic E-state index is 10.8. The minimum Gasteiger partial charge on any atom is -0.452 e. The fraction of sp³-hybridized carbons (Fsp3) is 0.250. The molecule has 1 aromatic carbocycles. The first-order valence-corrected chi connectivity index (χ1v) is 5.76. The van der Waals surface area contributed by atoms with Crippen molar-refractivity contribution >= 4 is 21.9 Å². The van der Waals surface area contributed by atoms with E-state index in [0.29, 0.717) is 6.42 Å². The lowest BCUT2D eigenvalue weighted by molar-refractivity contribution is -0.142. The quantitative estimate of drug-likeness (QED) is 0.861. The molecule has 0 aliphatic carbocycles. The molecule has 1 heterocycles. The van der Waals surface area contributed by atoms with Gasteiger partial charge in [-0.15, -0.1) is 0 Å². The van der Waals surface area contributed by atoms with Crippen molar-refractivity contribution in [2.75, 3.05) is 0 Å². The van der Waals surface area contributed by atoms with Crippen LogP contribution in [0, 0.1) is 0 Å². The molecular formula is C12H11BrO3. The Morgan fingerprint density at radius 3 is 2.81 bits per heavy atom. The lowest BCUT2D eigenvalue weighted by Crippen LogP contribution is -2.27. The molecule has 2 atom stereocenters. The molecule has 3 nitrogen and oxygen atoms in total. The minimum atomic E-state index is -0.707. The zero-order valence-electron chi connectivity index (χ0n) is 8.47. The zero-order chi connectivity index (χ0) is 11.5. The van der Waals surface area contributed by atoms with Crippen molar-refractivity contribution in [2.24, 2.45) is 0 Å². The first-order chi connectivity index (χ1) is 7.66. The Bertz CT molecular complexity index is 428. The van der Waals surface area contributed by atoms with E-state index in [4.69, 9.17) is 4.74 Å². The maximum atomic E-state index is 10.8. The molecule has 0 saturated carbocycles. The van der Waals surface area contributed by atoms with Crippen molar-refractivity contribution in [3.8, 4) is 0 Å². The normalized spacial score (nSPS) is 20.9. The molecule has 0 fully saturated rings. The van der Waals surface area contributed by atoms with Crippen LogP contribution >= 0.6 is 15.9 Å². The van der Waals surface area contributed by atoms with E-state index in [9.17, 15) is 9.90 Å². The largest absolute Gasteiger partial charge is 0.452 e. The van der Waals surface area contributed by atoms with Crippen molar-refractivity contribution in [2.45, 2.75) is 18.6 Å². The van der Waals surface area contributed by atoms with E-state index in [1.165, 1.54) is 6.08 Å². The van der Waals surface area contributed by atoms with Gasteiger partial charge >= 0.3 is 5.97 Å². The summed E-state index contributed by atoms with van der Waals surface area (Å²) in [4.78, 5) is 10.8. The van der Waals surface area contributed by atoms with E-state index in [-0.39, 0.29) is 0 Å². The van der Waals surface area contributed by atoms with E-state index in [1.54, 1.807) is 6.08 Å². The van der Waals surface area contributed by atoms with Crippen molar-refractivity contribution in [3.63, 3.8) is 0 Å². The average molecular weight is 283 g/mol. The van der Waals surface area contributed by atoms with Crippen LogP contribution in [-0.2, 0) is 16.0 Å². The van der Waals surface area contributed by atoms with Gasteiger partial charge in [-0.05, 0) is 17.7 Å². The molecule has 2 rings (SSSR count). The van der Waals surface area contributed by atoms with Crippen molar-refractivity contribution < 1.29 is 14.6 Å². The summed E-state index contributed by atoms with van der Waals surface area (Å²) in [5.41, 5.74) is 0.992. The number of aliphatic hydroxyl groups excluding tert-OH is 1. The highest BCUT2D eigenvalue weighted by atomic mass is 79.9. The van der Waals surface area contributed by atoms with E-state index in [2.05, 4.69) is 15.9 Å². The third-order valence-electron chi connectivity index (χ3n) is 2.44.